The van der Waals surface area contributed by atoms with E-state index in [1.807, 2.05) is 36.4 Å². The quantitative estimate of drug-likeness (QED) is 0.878. The van der Waals surface area contributed by atoms with Gasteiger partial charge < -0.3 is 16.0 Å². The Morgan fingerprint density at radius 2 is 2.15 bits per heavy atom. The van der Waals surface area contributed by atoms with Crippen molar-refractivity contribution in [1.29, 1.82) is 0 Å². The molecule has 0 bridgehead atoms. The Morgan fingerprint density at radius 1 is 1.31 bits per heavy atom. The van der Waals surface area contributed by atoms with Crippen LogP contribution in [0.3, 0.4) is 0 Å². The monoisotopic (exact) mass is 352 g/mol. The number of amides is 2. The Kier molecular flexibility index (Phi) is 5.63. The van der Waals surface area contributed by atoms with E-state index in [-0.39, 0.29) is 17.7 Å². The van der Waals surface area contributed by atoms with Crippen LogP contribution in [0.4, 0.5) is 0 Å². The number of likely N-dealkylation sites (tertiary alicyclic amines) is 1. The molecular formula is C20H24N4O2. The smallest absolute Gasteiger partial charge is 0.273 e. The number of piperidine rings is 1. The molecule has 1 aromatic carbocycles. The van der Waals surface area contributed by atoms with Crippen molar-refractivity contribution in [2.45, 2.75) is 19.4 Å². The first kappa shape index (κ1) is 18.1. The molecule has 0 radical (unpaired) electrons. The van der Waals surface area contributed by atoms with E-state index in [0.717, 1.165) is 29.5 Å². The van der Waals surface area contributed by atoms with Gasteiger partial charge in [-0.3, -0.25) is 14.6 Å². The number of aromatic nitrogens is 1. The molecule has 1 aromatic heterocycles. The number of hydrogen-bond donors (Lipinski definition) is 2. The highest BCUT2D eigenvalue weighted by molar-refractivity contribution is 5.99. The first-order valence-corrected chi connectivity index (χ1v) is 8.89. The maximum absolute atomic E-state index is 13.1. The van der Waals surface area contributed by atoms with Crippen LogP contribution in [0.25, 0.3) is 11.1 Å². The topological polar surface area (TPSA) is 88.3 Å². The number of hydrogen-bond acceptors (Lipinski definition) is 4. The zero-order valence-corrected chi connectivity index (χ0v) is 14.9. The average Bonchev–Trinajstić information content (AvgIpc) is 2.72. The van der Waals surface area contributed by atoms with E-state index in [1.165, 1.54) is 0 Å². The highest BCUT2D eigenvalue weighted by atomic mass is 16.2. The summed E-state index contributed by atoms with van der Waals surface area (Å²) < 4.78 is 0. The molecule has 3 N–H and O–H groups in total. The maximum Gasteiger partial charge on any atom is 0.273 e. The standard InChI is InChI=1S/C20H24N4O2/c1-22-19(25)16-7-4-10-24(13-16)20(26)18-17(8-3-9-23-18)15-6-2-5-14(11-15)12-21/h2-3,5-6,8-9,11,16H,4,7,10,12-13,21H2,1H3,(H,22,25)/t16-/m0/s1. The fraction of sp³-hybridized carbons (Fsp3) is 0.350. The van der Waals surface area contributed by atoms with Crippen molar-refractivity contribution in [3.8, 4) is 11.1 Å². The lowest BCUT2D eigenvalue weighted by Gasteiger charge is -2.32. The van der Waals surface area contributed by atoms with Gasteiger partial charge in [-0.2, -0.15) is 0 Å². The first-order valence-electron chi connectivity index (χ1n) is 8.89. The summed E-state index contributed by atoms with van der Waals surface area (Å²) in [6.45, 7) is 1.51. The summed E-state index contributed by atoms with van der Waals surface area (Å²) in [5, 5.41) is 2.68. The van der Waals surface area contributed by atoms with E-state index in [0.29, 0.717) is 25.3 Å². The minimum absolute atomic E-state index is 0.0145. The lowest BCUT2D eigenvalue weighted by Crippen LogP contribution is -2.45. The van der Waals surface area contributed by atoms with Crippen LogP contribution in [-0.2, 0) is 11.3 Å². The Morgan fingerprint density at radius 3 is 2.92 bits per heavy atom. The fourth-order valence-electron chi connectivity index (χ4n) is 3.40. The Bertz CT molecular complexity index is 806. The summed E-state index contributed by atoms with van der Waals surface area (Å²) in [6.07, 6.45) is 3.25. The maximum atomic E-state index is 13.1. The van der Waals surface area contributed by atoms with Gasteiger partial charge in [0.05, 0.1) is 5.92 Å². The molecule has 1 aliphatic rings. The molecule has 2 aromatic rings. The second kappa shape index (κ2) is 8.10. The average molecular weight is 352 g/mol. The van der Waals surface area contributed by atoms with Gasteiger partial charge >= 0.3 is 0 Å². The molecule has 1 atom stereocenters. The Labute approximate surface area is 153 Å². The van der Waals surface area contributed by atoms with Crippen LogP contribution in [0.5, 0.6) is 0 Å². The summed E-state index contributed by atoms with van der Waals surface area (Å²) in [5.74, 6) is -0.308. The molecular weight excluding hydrogens is 328 g/mol. The number of carbonyl (C=O) groups excluding carboxylic acids is 2. The van der Waals surface area contributed by atoms with Crippen LogP contribution in [-0.4, -0.2) is 41.8 Å². The lowest BCUT2D eigenvalue weighted by atomic mass is 9.96. The Hall–Kier alpha value is -2.73. The van der Waals surface area contributed by atoms with Crippen LogP contribution in [0.15, 0.2) is 42.6 Å². The zero-order valence-electron chi connectivity index (χ0n) is 14.9. The largest absolute Gasteiger partial charge is 0.359 e. The Balaban J connectivity index is 1.89. The number of nitrogens with one attached hydrogen (secondary N) is 1. The SMILES string of the molecule is CNC(=O)[C@H]1CCCN(C(=O)c2ncccc2-c2cccc(CN)c2)C1. The second-order valence-electron chi connectivity index (χ2n) is 6.51. The highest BCUT2D eigenvalue weighted by Gasteiger charge is 2.30. The van der Waals surface area contributed by atoms with Gasteiger partial charge in [0.25, 0.3) is 5.91 Å². The summed E-state index contributed by atoms with van der Waals surface area (Å²) in [4.78, 5) is 31.2. The van der Waals surface area contributed by atoms with Crippen molar-refractivity contribution in [2.75, 3.05) is 20.1 Å². The van der Waals surface area contributed by atoms with Gasteiger partial charge in [-0.25, -0.2) is 0 Å². The molecule has 0 spiro atoms. The van der Waals surface area contributed by atoms with Crippen LogP contribution >= 0.6 is 0 Å². The van der Waals surface area contributed by atoms with Crippen molar-refractivity contribution in [3.63, 3.8) is 0 Å². The van der Waals surface area contributed by atoms with Gasteiger partial charge in [0.15, 0.2) is 0 Å². The van der Waals surface area contributed by atoms with Crippen LogP contribution in [0.2, 0.25) is 0 Å². The third kappa shape index (κ3) is 3.75. The molecule has 1 fully saturated rings. The molecule has 6 heteroatoms. The van der Waals surface area contributed by atoms with E-state index in [2.05, 4.69) is 10.3 Å². The molecule has 0 unspecified atom stereocenters. The molecule has 6 nitrogen and oxygen atoms in total. The first-order chi connectivity index (χ1) is 12.6. The third-order valence-corrected chi connectivity index (χ3v) is 4.81. The summed E-state index contributed by atoms with van der Waals surface area (Å²) in [6, 6.07) is 11.6. The number of nitrogens with two attached hydrogens (primary N) is 1. The molecule has 1 aliphatic heterocycles. The number of pyridine rings is 1. The van der Waals surface area contributed by atoms with Gasteiger partial charge in [0.1, 0.15) is 5.69 Å². The number of nitrogens with zero attached hydrogens (tertiary/aromatic N) is 2. The van der Waals surface area contributed by atoms with Gasteiger partial charge in [0.2, 0.25) is 5.91 Å². The third-order valence-electron chi connectivity index (χ3n) is 4.81. The highest BCUT2D eigenvalue weighted by Crippen LogP contribution is 2.26. The van der Waals surface area contributed by atoms with Crippen LogP contribution < -0.4 is 11.1 Å². The lowest BCUT2D eigenvalue weighted by molar-refractivity contribution is -0.125. The predicted octanol–water partition coefficient (Wildman–Crippen LogP) is 1.81. The minimum Gasteiger partial charge on any atom is -0.359 e. The van der Waals surface area contributed by atoms with Crippen molar-refractivity contribution in [3.05, 3.63) is 53.9 Å². The van der Waals surface area contributed by atoms with Crippen molar-refractivity contribution >= 4 is 11.8 Å². The van der Waals surface area contributed by atoms with E-state index in [9.17, 15) is 9.59 Å². The minimum atomic E-state index is -0.162. The van der Waals surface area contributed by atoms with Crippen molar-refractivity contribution in [1.82, 2.24) is 15.2 Å². The van der Waals surface area contributed by atoms with Gasteiger partial charge in [-0.1, -0.05) is 24.3 Å². The number of carbonyl (C=O) groups is 2. The van der Waals surface area contributed by atoms with E-state index >= 15 is 0 Å². The summed E-state index contributed by atoms with van der Waals surface area (Å²) in [7, 11) is 1.63. The van der Waals surface area contributed by atoms with E-state index < -0.39 is 0 Å². The van der Waals surface area contributed by atoms with Crippen LogP contribution in [0, 0.1) is 5.92 Å². The summed E-state index contributed by atoms with van der Waals surface area (Å²) in [5.41, 5.74) is 8.87. The molecule has 2 heterocycles. The van der Waals surface area contributed by atoms with Crippen molar-refractivity contribution < 1.29 is 9.59 Å². The second-order valence-corrected chi connectivity index (χ2v) is 6.51. The number of rotatable bonds is 4. The van der Waals surface area contributed by atoms with Gasteiger partial charge in [-0.15, -0.1) is 0 Å². The molecule has 0 saturated carbocycles. The number of benzene rings is 1. The molecule has 136 valence electrons. The molecule has 26 heavy (non-hydrogen) atoms. The molecule has 3 rings (SSSR count). The van der Waals surface area contributed by atoms with E-state index in [4.69, 9.17) is 5.73 Å². The predicted molar refractivity (Wildman–Crippen MR) is 100 cm³/mol. The fourth-order valence-corrected chi connectivity index (χ4v) is 3.40. The summed E-state index contributed by atoms with van der Waals surface area (Å²) >= 11 is 0. The molecule has 2 amide bonds. The van der Waals surface area contributed by atoms with Gasteiger partial charge in [-0.05, 0) is 36.1 Å². The molecule has 0 aliphatic carbocycles. The van der Waals surface area contributed by atoms with Crippen molar-refractivity contribution in [2.24, 2.45) is 11.7 Å². The normalized spacial score (nSPS) is 17.0. The van der Waals surface area contributed by atoms with Crippen LogP contribution in [0.1, 0.15) is 28.9 Å². The zero-order chi connectivity index (χ0) is 18.5. The molecule has 1 saturated heterocycles. The van der Waals surface area contributed by atoms with Gasteiger partial charge in [0, 0.05) is 38.4 Å². The van der Waals surface area contributed by atoms with E-state index in [1.54, 1.807) is 18.1 Å².